The highest BCUT2D eigenvalue weighted by atomic mass is 79.9. The highest BCUT2D eigenvalue weighted by Gasteiger charge is 2.21. The number of benzene rings is 1. The molecule has 0 saturated heterocycles. The summed E-state index contributed by atoms with van der Waals surface area (Å²) in [5.74, 6) is -0.0416. The topological polar surface area (TPSA) is 46.3 Å². The van der Waals surface area contributed by atoms with E-state index in [1.165, 1.54) is 0 Å². The molecule has 0 fully saturated rings. The second-order valence-electron chi connectivity index (χ2n) is 4.35. The van der Waals surface area contributed by atoms with Crippen molar-refractivity contribution in [3.8, 4) is 0 Å². The van der Waals surface area contributed by atoms with Crippen molar-refractivity contribution in [3.63, 3.8) is 0 Å². The number of rotatable bonds is 3. The first kappa shape index (κ1) is 14.1. The van der Waals surface area contributed by atoms with Gasteiger partial charge >= 0.3 is 0 Å². The van der Waals surface area contributed by atoms with E-state index in [2.05, 4.69) is 15.9 Å². The minimum atomic E-state index is -0.0416. The molecule has 1 amide bonds. The molecule has 2 aromatic rings. The van der Waals surface area contributed by atoms with Gasteiger partial charge in [0.05, 0.1) is 11.6 Å². The Morgan fingerprint density at radius 3 is 2.79 bits per heavy atom. The van der Waals surface area contributed by atoms with E-state index in [9.17, 15) is 4.79 Å². The van der Waals surface area contributed by atoms with Gasteiger partial charge in [-0.15, -0.1) is 11.3 Å². The Morgan fingerprint density at radius 2 is 2.16 bits per heavy atom. The molecule has 1 heterocycles. The predicted molar refractivity (Wildman–Crippen MR) is 83.4 cm³/mol. The Hall–Kier alpha value is -1.33. The number of hydrogen-bond donors (Lipinski definition) is 1. The van der Waals surface area contributed by atoms with Crippen molar-refractivity contribution >= 4 is 38.9 Å². The zero-order chi connectivity index (χ0) is 14.0. The first-order chi connectivity index (χ1) is 9.00. The Kier molecular flexibility index (Phi) is 4.27. The van der Waals surface area contributed by atoms with Crippen molar-refractivity contribution in [1.82, 2.24) is 4.90 Å². The summed E-state index contributed by atoms with van der Waals surface area (Å²) in [7, 11) is 1.81. The number of thiophene rings is 1. The van der Waals surface area contributed by atoms with E-state index in [1.54, 1.807) is 34.4 Å². The normalized spacial score (nSPS) is 12.2. The molecule has 0 bridgehead atoms. The molecule has 2 rings (SSSR count). The Labute approximate surface area is 125 Å². The zero-order valence-electron chi connectivity index (χ0n) is 10.8. The second-order valence-corrected chi connectivity index (χ2v) is 6.18. The molecule has 0 radical (unpaired) electrons. The van der Waals surface area contributed by atoms with Crippen LogP contribution in [0.1, 0.15) is 28.2 Å². The molecule has 1 aromatic heterocycles. The largest absolute Gasteiger partial charge is 0.399 e. The molecule has 1 aromatic carbocycles. The number of carbonyl (C=O) groups excluding carboxylic acids is 1. The highest BCUT2D eigenvalue weighted by Crippen LogP contribution is 2.27. The minimum absolute atomic E-state index is 0.0416. The van der Waals surface area contributed by atoms with Crippen molar-refractivity contribution in [3.05, 3.63) is 50.6 Å². The molecule has 0 aliphatic heterocycles. The lowest BCUT2D eigenvalue weighted by atomic mass is 10.1. The van der Waals surface area contributed by atoms with Crippen LogP contribution in [0.25, 0.3) is 0 Å². The number of amides is 1. The zero-order valence-corrected chi connectivity index (χ0v) is 13.2. The van der Waals surface area contributed by atoms with E-state index in [0.29, 0.717) is 11.3 Å². The van der Waals surface area contributed by atoms with Crippen molar-refractivity contribution in [2.24, 2.45) is 0 Å². The van der Waals surface area contributed by atoms with Crippen LogP contribution in [-0.4, -0.2) is 17.9 Å². The number of nitrogen functional groups attached to an aromatic ring is 1. The maximum atomic E-state index is 12.5. The van der Waals surface area contributed by atoms with Gasteiger partial charge in [0.15, 0.2) is 0 Å². The number of halogens is 1. The van der Waals surface area contributed by atoms with Crippen molar-refractivity contribution in [2.45, 2.75) is 13.0 Å². The van der Waals surface area contributed by atoms with Gasteiger partial charge in [-0.25, -0.2) is 0 Å². The molecule has 5 heteroatoms. The molecule has 2 N–H and O–H groups in total. The molecule has 1 unspecified atom stereocenters. The second kappa shape index (κ2) is 5.75. The van der Waals surface area contributed by atoms with Gasteiger partial charge in [0.1, 0.15) is 0 Å². The first-order valence-corrected chi connectivity index (χ1v) is 7.53. The molecular weight excluding hydrogens is 324 g/mol. The first-order valence-electron chi connectivity index (χ1n) is 5.86. The fraction of sp³-hybridized carbons (Fsp3) is 0.214. The fourth-order valence-electron chi connectivity index (χ4n) is 1.79. The van der Waals surface area contributed by atoms with E-state index >= 15 is 0 Å². The standard InChI is InChI=1S/C14H15BrN2OS/c1-9(13-4-3-7-19-13)17(2)14(18)11-8-10(16)5-6-12(11)15/h3-9H,16H2,1-2H3. The molecule has 100 valence electrons. The molecule has 0 spiro atoms. The van der Waals surface area contributed by atoms with Crippen molar-refractivity contribution in [1.29, 1.82) is 0 Å². The van der Waals surface area contributed by atoms with Gasteiger partial charge < -0.3 is 10.6 Å². The molecular formula is C14H15BrN2OS. The average Bonchev–Trinajstić information content (AvgIpc) is 2.93. The summed E-state index contributed by atoms with van der Waals surface area (Å²) in [5.41, 5.74) is 6.92. The summed E-state index contributed by atoms with van der Waals surface area (Å²) >= 11 is 5.05. The number of hydrogen-bond acceptors (Lipinski definition) is 3. The van der Waals surface area contributed by atoms with Crippen LogP contribution in [0.4, 0.5) is 5.69 Å². The van der Waals surface area contributed by atoms with Crippen molar-refractivity contribution in [2.75, 3.05) is 12.8 Å². The maximum absolute atomic E-state index is 12.5. The number of nitrogens with two attached hydrogens (primary N) is 1. The van der Waals surface area contributed by atoms with Gasteiger partial charge in [-0.2, -0.15) is 0 Å². The lowest BCUT2D eigenvalue weighted by Gasteiger charge is -2.24. The molecule has 0 aliphatic carbocycles. The number of carbonyl (C=O) groups is 1. The van der Waals surface area contributed by atoms with Crippen LogP contribution in [0.15, 0.2) is 40.2 Å². The van der Waals surface area contributed by atoms with Crippen LogP contribution in [0.5, 0.6) is 0 Å². The van der Waals surface area contributed by atoms with Gasteiger partial charge in [-0.3, -0.25) is 4.79 Å². The van der Waals surface area contributed by atoms with E-state index in [0.717, 1.165) is 9.35 Å². The van der Waals surface area contributed by atoms with Crippen LogP contribution in [0, 0.1) is 0 Å². The van der Waals surface area contributed by atoms with Gasteiger partial charge in [0.2, 0.25) is 0 Å². The molecule has 1 atom stereocenters. The fourth-order valence-corrected chi connectivity index (χ4v) is 3.04. The van der Waals surface area contributed by atoms with Crippen molar-refractivity contribution < 1.29 is 4.79 Å². The third kappa shape index (κ3) is 2.98. The molecule has 0 aliphatic rings. The third-order valence-corrected chi connectivity index (χ3v) is 4.81. The summed E-state index contributed by atoms with van der Waals surface area (Å²) in [5, 5.41) is 2.01. The lowest BCUT2D eigenvalue weighted by molar-refractivity contribution is 0.0744. The minimum Gasteiger partial charge on any atom is -0.399 e. The third-order valence-electron chi connectivity index (χ3n) is 3.08. The summed E-state index contributed by atoms with van der Waals surface area (Å²) < 4.78 is 0.761. The molecule has 3 nitrogen and oxygen atoms in total. The van der Waals surface area contributed by atoms with Crippen LogP contribution in [0.3, 0.4) is 0 Å². The SMILES string of the molecule is CC(c1cccs1)N(C)C(=O)c1cc(N)ccc1Br. The number of anilines is 1. The van der Waals surface area contributed by atoms with E-state index < -0.39 is 0 Å². The number of nitrogens with zero attached hydrogens (tertiary/aromatic N) is 1. The smallest absolute Gasteiger partial charge is 0.255 e. The summed E-state index contributed by atoms with van der Waals surface area (Å²) in [6.07, 6.45) is 0. The Bertz CT molecular complexity index is 583. The van der Waals surface area contributed by atoms with Gasteiger partial charge in [-0.05, 0) is 52.5 Å². The average molecular weight is 339 g/mol. The predicted octanol–water partition coefficient (Wildman–Crippen LogP) is 3.93. The van der Waals surface area contributed by atoms with Crippen LogP contribution in [-0.2, 0) is 0 Å². The maximum Gasteiger partial charge on any atom is 0.255 e. The Morgan fingerprint density at radius 1 is 1.42 bits per heavy atom. The summed E-state index contributed by atoms with van der Waals surface area (Å²) in [4.78, 5) is 15.4. The van der Waals surface area contributed by atoms with Crippen LogP contribution in [0.2, 0.25) is 0 Å². The van der Waals surface area contributed by atoms with E-state index in [4.69, 9.17) is 5.73 Å². The van der Waals surface area contributed by atoms with Crippen LogP contribution >= 0.6 is 27.3 Å². The quantitative estimate of drug-likeness (QED) is 0.862. The van der Waals surface area contributed by atoms with E-state index in [-0.39, 0.29) is 11.9 Å². The Balaban J connectivity index is 2.26. The monoisotopic (exact) mass is 338 g/mol. The van der Waals surface area contributed by atoms with Gasteiger partial charge in [0.25, 0.3) is 5.91 Å². The van der Waals surface area contributed by atoms with E-state index in [1.807, 2.05) is 31.5 Å². The van der Waals surface area contributed by atoms with Crippen LogP contribution < -0.4 is 5.73 Å². The highest BCUT2D eigenvalue weighted by molar-refractivity contribution is 9.10. The lowest BCUT2D eigenvalue weighted by Crippen LogP contribution is -2.29. The molecule has 19 heavy (non-hydrogen) atoms. The molecule has 0 saturated carbocycles. The summed E-state index contributed by atoms with van der Waals surface area (Å²) in [6, 6.07) is 9.33. The summed E-state index contributed by atoms with van der Waals surface area (Å²) in [6.45, 7) is 2.02. The van der Waals surface area contributed by atoms with Gasteiger partial charge in [0, 0.05) is 22.1 Å². The van der Waals surface area contributed by atoms with Gasteiger partial charge in [-0.1, -0.05) is 6.07 Å².